The smallest absolute Gasteiger partial charge is 0.473 e. The van der Waals surface area contributed by atoms with E-state index in [2.05, 4.69) is 6.92 Å². The van der Waals surface area contributed by atoms with Crippen LogP contribution >= 0.6 is 0 Å². The first kappa shape index (κ1) is 18.0. The van der Waals surface area contributed by atoms with Crippen molar-refractivity contribution in [1.82, 2.24) is 0 Å². The molecular weight excluding hydrogens is 223 g/mol. The van der Waals surface area contributed by atoms with Gasteiger partial charge < -0.3 is 13.3 Å². The van der Waals surface area contributed by atoms with Gasteiger partial charge in [-0.05, 0) is 6.42 Å². The molecule has 0 unspecified atom stereocenters. The zero-order valence-corrected chi connectivity index (χ0v) is 13.5. The number of carbonyl (C=O) groups excluding carboxylic acids is 1. The SMILES string of the molecule is CCCCCC(=O)O[Si](C)(OC)OC.[Na]. The van der Waals surface area contributed by atoms with Crippen LogP contribution in [-0.2, 0) is 18.1 Å². The van der Waals surface area contributed by atoms with Crippen molar-refractivity contribution in [3.63, 3.8) is 0 Å². The molecule has 0 aromatic rings. The Hall–Kier alpha value is 0.607. The second-order valence-electron chi connectivity index (χ2n) is 3.20. The van der Waals surface area contributed by atoms with Gasteiger partial charge in [-0.3, -0.25) is 4.79 Å². The molecule has 0 rings (SSSR count). The van der Waals surface area contributed by atoms with Crippen LogP contribution in [0.25, 0.3) is 0 Å². The van der Waals surface area contributed by atoms with Gasteiger partial charge in [0.25, 0.3) is 5.97 Å². The van der Waals surface area contributed by atoms with Gasteiger partial charge in [0.2, 0.25) is 0 Å². The van der Waals surface area contributed by atoms with E-state index in [0.29, 0.717) is 6.42 Å². The van der Waals surface area contributed by atoms with E-state index in [4.69, 9.17) is 13.3 Å². The van der Waals surface area contributed by atoms with E-state index in [1.54, 1.807) is 6.55 Å². The Morgan fingerprint density at radius 1 is 1.20 bits per heavy atom. The van der Waals surface area contributed by atoms with Crippen molar-refractivity contribution in [3.05, 3.63) is 0 Å². The molecule has 0 heterocycles. The summed E-state index contributed by atoms with van der Waals surface area (Å²) < 4.78 is 15.2. The van der Waals surface area contributed by atoms with E-state index in [-0.39, 0.29) is 35.5 Å². The van der Waals surface area contributed by atoms with Gasteiger partial charge in [-0.1, -0.05) is 19.8 Å². The van der Waals surface area contributed by atoms with Gasteiger partial charge >= 0.3 is 8.80 Å². The zero-order valence-electron chi connectivity index (χ0n) is 10.5. The predicted octanol–water partition coefficient (Wildman–Crippen LogP) is 1.59. The molecule has 1 radical (unpaired) electrons. The Morgan fingerprint density at radius 2 is 1.73 bits per heavy atom. The fraction of sp³-hybridized carbons (Fsp3) is 0.889. The molecule has 0 amide bonds. The van der Waals surface area contributed by atoms with Crippen LogP contribution in [0.15, 0.2) is 0 Å². The third-order valence-electron chi connectivity index (χ3n) is 2.03. The third-order valence-corrected chi connectivity index (χ3v) is 4.11. The van der Waals surface area contributed by atoms with Gasteiger partial charge in [-0.2, -0.15) is 0 Å². The molecule has 0 saturated heterocycles. The number of hydrogen-bond acceptors (Lipinski definition) is 4. The molecule has 0 fully saturated rings. The van der Waals surface area contributed by atoms with Gasteiger partial charge in [0.05, 0.1) is 0 Å². The first-order chi connectivity index (χ1) is 6.58. The normalized spacial score (nSPS) is 10.7. The fourth-order valence-corrected chi connectivity index (χ4v) is 1.79. The van der Waals surface area contributed by atoms with E-state index in [9.17, 15) is 4.79 Å². The molecule has 0 atom stereocenters. The van der Waals surface area contributed by atoms with Crippen LogP contribution in [0.2, 0.25) is 6.55 Å². The minimum Gasteiger partial charge on any atom is -0.473 e. The molecular formula is C9H20NaO4Si. The van der Waals surface area contributed by atoms with Crippen molar-refractivity contribution in [2.24, 2.45) is 0 Å². The maximum absolute atomic E-state index is 11.3. The van der Waals surface area contributed by atoms with Gasteiger partial charge in [0.1, 0.15) is 0 Å². The molecule has 0 aliphatic heterocycles. The Bertz CT molecular complexity index is 173. The second-order valence-corrected chi connectivity index (χ2v) is 5.95. The molecule has 85 valence electrons. The molecule has 0 aromatic heterocycles. The summed E-state index contributed by atoms with van der Waals surface area (Å²) >= 11 is 0. The molecule has 0 aliphatic carbocycles. The van der Waals surface area contributed by atoms with Crippen molar-refractivity contribution in [2.45, 2.75) is 39.2 Å². The van der Waals surface area contributed by atoms with Crippen LogP contribution in [0.4, 0.5) is 0 Å². The minimum absolute atomic E-state index is 0. The first-order valence-corrected chi connectivity index (χ1v) is 7.12. The van der Waals surface area contributed by atoms with Gasteiger partial charge in [-0.25, -0.2) is 0 Å². The molecule has 0 N–H and O–H groups in total. The Balaban J connectivity index is 0. The molecule has 15 heavy (non-hydrogen) atoms. The molecule has 0 aliphatic rings. The van der Waals surface area contributed by atoms with Crippen molar-refractivity contribution >= 4 is 44.3 Å². The van der Waals surface area contributed by atoms with Crippen LogP contribution in [0, 0.1) is 0 Å². The fourth-order valence-electron chi connectivity index (χ4n) is 0.944. The van der Waals surface area contributed by atoms with E-state index < -0.39 is 8.80 Å². The van der Waals surface area contributed by atoms with Gasteiger partial charge in [0, 0.05) is 56.7 Å². The zero-order chi connectivity index (χ0) is 11.0. The summed E-state index contributed by atoms with van der Waals surface area (Å²) in [6.07, 6.45) is 3.46. The Labute approximate surface area is 115 Å². The first-order valence-electron chi connectivity index (χ1n) is 4.90. The van der Waals surface area contributed by atoms with E-state index >= 15 is 0 Å². The largest absolute Gasteiger partial charge is 0.564 e. The van der Waals surface area contributed by atoms with E-state index in [0.717, 1.165) is 19.3 Å². The van der Waals surface area contributed by atoms with Crippen molar-refractivity contribution in [1.29, 1.82) is 0 Å². The predicted molar refractivity (Wildman–Crippen MR) is 61.6 cm³/mol. The van der Waals surface area contributed by atoms with Crippen LogP contribution < -0.4 is 0 Å². The average Bonchev–Trinajstić information content (AvgIpc) is 2.18. The number of unbranched alkanes of at least 4 members (excludes halogenated alkanes) is 2. The monoisotopic (exact) mass is 243 g/mol. The quantitative estimate of drug-likeness (QED) is 0.503. The Kier molecular flexibility index (Phi) is 11.8. The average molecular weight is 243 g/mol. The molecule has 6 heteroatoms. The van der Waals surface area contributed by atoms with E-state index in [1.165, 1.54) is 14.2 Å². The Morgan fingerprint density at radius 3 is 2.13 bits per heavy atom. The summed E-state index contributed by atoms with van der Waals surface area (Å²) in [5.41, 5.74) is 0. The summed E-state index contributed by atoms with van der Waals surface area (Å²) in [7, 11) is 0.320. The maximum Gasteiger partial charge on any atom is 0.564 e. The van der Waals surface area contributed by atoms with Gasteiger partial charge in [-0.15, -0.1) is 0 Å². The van der Waals surface area contributed by atoms with Crippen LogP contribution in [-0.4, -0.2) is 58.6 Å². The summed E-state index contributed by atoms with van der Waals surface area (Å²) in [5.74, 6) is -0.226. The van der Waals surface area contributed by atoms with Crippen molar-refractivity contribution in [2.75, 3.05) is 14.2 Å². The number of carbonyl (C=O) groups is 1. The summed E-state index contributed by atoms with van der Waals surface area (Å²) in [4.78, 5) is 11.3. The summed E-state index contributed by atoms with van der Waals surface area (Å²) in [6, 6.07) is 0. The second kappa shape index (κ2) is 9.81. The summed E-state index contributed by atoms with van der Waals surface area (Å²) in [6.45, 7) is 3.79. The summed E-state index contributed by atoms with van der Waals surface area (Å²) in [5, 5.41) is 0. The standard InChI is InChI=1S/C9H20O4Si.Na/c1-5-6-7-8-9(10)13-14(4,11-2)12-3;/h5-8H2,1-4H3;. The topological polar surface area (TPSA) is 44.8 Å². The molecule has 0 bridgehead atoms. The van der Waals surface area contributed by atoms with Gasteiger partial charge in [0.15, 0.2) is 0 Å². The van der Waals surface area contributed by atoms with Crippen molar-refractivity contribution in [3.8, 4) is 0 Å². The number of rotatable bonds is 7. The molecule has 0 aromatic carbocycles. The number of hydrogen-bond donors (Lipinski definition) is 0. The molecule has 0 saturated carbocycles. The molecule has 4 nitrogen and oxygen atoms in total. The minimum atomic E-state index is -2.67. The van der Waals surface area contributed by atoms with Crippen LogP contribution in [0.1, 0.15) is 32.6 Å². The maximum atomic E-state index is 11.3. The van der Waals surface area contributed by atoms with Crippen molar-refractivity contribution < 1.29 is 18.1 Å². The van der Waals surface area contributed by atoms with Crippen LogP contribution in [0.5, 0.6) is 0 Å². The van der Waals surface area contributed by atoms with E-state index in [1.807, 2.05) is 0 Å². The molecule has 0 spiro atoms. The third kappa shape index (κ3) is 8.42. The van der Waals surface area contributed by atoms with Crippen LogP contribution in [0.3, 0.4) is 0 Å².